The van der Waals surface area contributed by atoms with Crippen molar-refractivity contribution in [1.29, 1.82) is 0 Å². The van der Waals surface area contributed by atoms with Crippen molar-refractivity contribution >= 4 is 5.91 Å². The highest BCUT2D eigenvalue weighted by Gasteiger charge is 2.19. The van der Waals surface area contributed by atoms with Crippen molar-refractivity contribution in [3.63, 3.8) is 0 Å². The molecule has 0 atom stereocenters. The highest BCUT2D eigenvalue weighted by molar-refractivity contribution is 5.86. The van der Waals surface area contributed by atoms with Crippen LogP contribution in [0.4, 0.5) is 0 Å². The lowest BCUT2D eigenvalue weighted by atomic mass is 9.96. The van der Waals surface area contributed by atoms with Crippen molar-refractivity contribution in [2.75, 3.05) is 19.6 Å². The summed E-state index contributed by atoms with van der Waals surface area (Å²) in [7, 11) is 0. The number of rotatable bonds is 5. The number of piperidine rings is 1. The van der Waals surface area contributed by atoms with E-state index in [1.165, 1.54) is 17.2 Å². The molecule has 1 aromatic rings. The number of nitrogens with one attached hydrogen (secondary N) is 1. The largest absolute Gasteiger partial charge is 0.352 e. The number of amides is 1. The van der Waals surface area contributed by atoms with Crippen LogP contribution in [0.1, 0.15) is 24.0 Å². The van der Waals surface area contributed by atoms with Gasteiger partial charge in [-0.05, 0) is 50.4 Å². The van der Waals surface area contributed by atoms with E-state index >= 15 is 0 Å². The Hall–Kier alpha value is -1.61. The van der Waals surface area contributed by atoms with Crippen molar-refractivity contribution in [2.24, 2.45) is 5.92 Å². The summed E-state index contributed by atoms with van der Waals surface area (Å²) < 4.78 is 0. The first kappa shape index (κ1) is 14.8. The molecule has 1 aliphatic rings. The van der Waals surface area contributed by atoms with E-state index in [9.17, 15) is 4.79 Å². The highest BCUT2D eigenvalue weighted by atomic mass is 16.1. The lowest BCUT2D eigenvalue weighted by Gasteiger charge is -2.32. The average molecular weight is 272 g/mol. The van der Waals surface area contributed by atoms with E-state index in [4.69, 9.17) is 0 Å². The number of nitrogens with zero attached hydrogens (tertiary/aromatic N) is 1. The third-order valence-corrected chi connectivity index (χ3v) is 3.98. The molecule has 1 fully saturated rings. The van der Waals surface area contributed by atoms with Gasteiger partial charge < -0.3 is 5.32 Å². The van der Waals surface area contributed by atoms with Crippen molar-refractivity contribution in [1.82, 2.24) is 10.2 Å². The van der Waals surface area contributed by atoms with Crippen molar-refractivity contribution < 1.29 is 4.79 Å². The van der Waals surface area contributed by atoms with Gasteiger partial charge in [0.15, 0.2) is 0 Å². The molecule has 1 N–H and O–H groups in total. The quantitative estimate of drug-likeness (QED) is 0.835. The van der Waals surface area contributed by atoms with Crippen LogP contribution in [0.25, 0.3) is 0 Å². The van der Waals surface area contributed by atoms with Gasteiger partial charge in [-0.25, -0.2) is 0 Å². The van der Waals surface area contributed by atoms with Gasteiger partial charge in [0, 0.05) is 13.1 Å². The molecule has 0 spiro atoms. The Morgan fingerprint density at radius 3 is 2.60 bits per heavy atom. The zero-order valence-electron chi connectivity index (χ0n) is 12.3. The van der Waals surface area contributed by atoms with Gasteiger partial charge in [-0.15, -0.1) is 0 Å². The number of carbonyl (C=O) groups excluding carboxylic acids is 1. The fraction of sp³-hybridized carbons (Fsp3) is 0.471. The Bertz CT molecular complexity index is 445. The van der Waals surface area contributed by atoms with E-state index in [0.717, 1.165) is 39.0 Å². The van der Waals surface area contributed by atoms with Gasteiger partial charge >= 0.3 is 0 Å². The van der Waals surface area contributed by atoms with Crippen molar-refractivity contribution in [3.8, 4) is 0 Å². The van der Waals surface area contributed by atoms with Crippen LogP contribution in [0, 0.1) is 12.8 Å². The van der Waals surface area contributed by atoms with Crippen LogP contribution in [-0.4, -0.2) is 30.4 Å². The predicted molar refractivity (Wildman–Crippen MR) is 82.4 cm³/mol. The molecule has 1 heterocycles. The second-order valence-corrected chi connectivity index (χ2v) is 5.65. The minimum atomic E-state index is -0.0629. The summed E-state index contributed by atoms with van der Waals surface area (Å²) in [6.45, 7) is 9.63. The number of likely N-dealkylation sites (tertiary alicyclic amines) is 1. The van der Waals surface area contributed by atoms with Gasteiger partial charge in [0.2, 0.25) is 5.91 Å². The molecule has 1 aliphatic heterocycles. The second-order valence-electron chi connectivity index (χ2n) is 5.65. The number of hydrogen-bond acceptors (Lipinski definition) is 2. The molecule has 0 radical (unpaired) electrons. The van der Waals surface area contributed by atoms with Crippen molar-refractivity contribution in [2.45, 2.75) is 26.3 Å². The Balaban J connectivity index is 1.72. The molecule has 0 aromatic heterocycles. The van der Waals surface area contributed by atoms with E-state index in [1.807, 2.05) is 0 Å². The van der Waals surface area contributed by atoms with Crippen LogP contribution >= 0.6 is 0 Å². The standard InChI is InChI=1S/C17H24N2O/c1-3-17(20)18-12-15-8-10-19(11-9-15)13-16-6-4-14(2)5-7-16/h3-7,15H,1,8-13H2,2H3,(H,18,20). The molecule has 108 valence electrons. The Labute approximate surface area is 121 Å². The molecule has 20 heavy (non-hydrogen) atoms. The maximum Gasteiger partial charge on any atom is 0.243 e. The molecular weight excluding hydrogens is 248 g/mol. The third-order valence-electron chi connectivity index (χ3n) is 3.98. The Kier molecular flexibility index (Phi) is 5.36. The van der Waals surface area contributed by atoms with Gasteiger partial charge in [-0.3, -0.25) is 9.69 Å². The van der Waals surface area contributed by atoms with E-state index in [2.05, 4.69) is 48.0 Å². The maximum absolute atomic E-state index is 11.1. The minimum absolute atomic E-state index is 0.0629. The van der Waals surface area contributed by atoms with E-state index in [-0.39, 0.29) is 5.91 Å². The fourth-order valence-electron chi connectivity index (χ4n) is 2.62. The molecule has 0 saturated carbocycles. The summed E-state index contributed by atoms with van der Waals surface area (Å²) in [6, 6.07) is 8.78. The first-order chi connectivity index (χ1) is 9.67. The highest BCUT2D eigenvalue weighted by Crippen LogP contribution is 2.18. The first-order valence-electron chi connectivity index (χ1n) is 7.35. The predicted octanol–water partition coefficient (Wildman–Crippen LogP) is 2.51. The summed E-state index contributed by atoms with van der Waals surface area (Å²) in [5.41, 5.74) is 2.69. The molecule has 0 bridgehead atoms. The Morgan fingerprint density at radius 1 is 1.35 bits per heavy atom. The molecule has 1 aromatic carbocycles. The van der Waals surface area contributed by atoms with Crippen LogP contribution in [0.2, 0.25) is 0 Å². The maximum atomic E-state index is 11.1. The summed E-state index contributed by atoms with van der Waals surface area (Å²) >= 11 is 0. The summed E-state index contributed by atoms with van der Waals surface area (Å²) in [6.07, 6.45) is 3.65. The van der Waals surface area contributed by atoms with Gasteiger partial charge in [0.1, 0.15) is 0 Å². The third kappa shape index (κ3) is 4.49. The molecule has 1 saturated heterocycles. The van der Waals surface area contributed by atoms with Crippen molar-refractivity contribution in [3.05, 3.63) is 48.0 Å². The number of carbonyl (C=O) groups is 1. The summed E-state index contributed by atoms with van der Waals surface area (Å²) in [5, 5.41) is 2.90. The number of benzene rings is 1. The smallest absolute Gasteiger partial charge is 0.243 e. The van der Waals surface area contributed by atoms with Crippen LogP contribution in [-0.2, 0) is 11.3 Å². The van der Waals surface area contributed by atoms with E-state index in [0.29, 0.717) is 5.92 Å². The fourth-order valence-corrected chi connectivity index (χ4v) is 2.62. The summed E-state index contributed by atoms with van der Waals surface area (Å²) in [4.78, 5) is 13.6. The molecule has 3 heteroatoms. The van der Waals surface area contributed by atoms with Crippen LogP contribution < -0.4 is 5.32 Å². The monoisotopic (exact) mass is 272 g/mol. The molecule has 0 aliphatic carbocycles. The van der Waals surface area contributed by atoms with E-state index in [1.54, 1.807) is 0 Å². The second kappa shape index (κ2) is 7.25. The lowest BCUT2D eigenvalue weighted by molar-refractivity contribution is -0.116. The molecule has 0 unspecified atom stereocenters. The van der Waals surface area contributed by atoms with Gasteiger partial charge in [0.25, 0.3) is 0 Å². The summed E-state index contributed by atoms with van der Waals surface area (Å²) in [5.74, 6) is 0.542. The van der Waals surface area contributed by atoms with Gasteiger partial charge in [0.05, 0.1) is 0 Å². The lowest BCUT2D eigenvalue weighted by Crippen LogP contribution is -2.37. The zero-order chi connectivity index (χ0) is 14.4. The molecule has 2 rings (SSSR count). The van der Waals surface area contributed by atoms with Gasteiger partial charge in [-0.1, -0.05) is 36.4 Å². The van der Waals surface area contributed by atoms with Gasteiger partial charge in [-0.2, -0.15) is 0 Å². The van der Waals surface area contributed by atoms with Crippen LogP contribution in [0.15, 0.2) is 36.9 Å². The zero-order valence-corrected chi connectivity index (χ0v) is 12.3. The molecule has 3 nitrogen and oxygen atoms in total. The van der Waals surface area contributed by atoms with E-state index < -0.39 is 0 Å². The SMILES string of the molecule is C=CC(=O)NCC1CCN(Cc2ccc(C)cc2)CC1. The normalized spacial score (nSPS) is 16.9. The topological polar surface area (TPSA) is 32.3 Å². The number of aryl methyl sites for hydroxylation is 1. The average Bonchev–Trinajstić information content (AvgIpc) is 2.48. The molecule has 1 amide bonds. The molecular formula is C17H24N2O. The first-order valence-corrected chi connectivity index (χ1v) is 7.35. The minimum Gasteiger partial charge on any atom is -0.352 e. The Morgan fingerprint density at radius 2 is 2.00 bits per heavy atom. The van der Waals surface area contributed by atoms with Crippen LogP contribution in [0.5, 0.6) is 0 Å². The van der Waals surface area contributed by atoms with Crippen LogP contribution in [0.3, 0.4) is 0 Å². The number of hydrogen-bond donors (Lipinski definition) is 1.